The van der Waals surface area contributed by atoms with Crippen molar-refractivity contribution < 1.29 is 18.1 Å². The van der Waals surface area contributed by atoms with E-state index in [1.807, 2.05) is 0 Å². The van der Waals surface area contributed by atoms with Gasteiger partial charge in [-0.1, -0.05) is 0 Å². The number of sulfone groups is 1. The molecule has 114 valence electrons. The number of nitro benzene ring substituents is 1. The van der Waals surface area contributed by atoms with Crippen LogP contribution in [0.3, 0.4) is 0 Å². The minimum atomic E-state index is -3.37. The summed E-state index contributed by atoms with van der Waals surface area (Å²) in [5, 5.41) is 10.4. The van der Waals surface area contributed by atoms with E-state index in [-0.39, 0.29) is 16.9 Å². The third-order valence-electron chi connectivity index (χ3n) is 3.22. The van der Waals surface area contributed by atoms with Crippen LogP contribution in [0.5, 0.6) is 0 Å². The van der Waals surface area contributed by atoms with E-state index in [0.29, 0.717) is 24.3 Å². The summed E-state index contributed by atoms with van der Waals surface area (Å²) in [6.45, 7) is 0.406. The summed E-state index contributed by atoms with van der Waals surface area (Å²) in [4.78, 5) is 22.9. The number of rotatable bonds is 4. The highest BCUT2D eigenvalue weighted by molar-refractivity contribution is 8.01. The second kappa shape index (κ2) is 6.02. The zero-order chi connectivity index (χ0) is 15.6. The number of anilines is 1. The first-order valence-corrected chi connectivity index (χ1v) is 9.22. The number of carbonyl (C=O) groups excluding carboxylic acids is 1. The van der Waals surface area contributed by atoms with E-state index >= 15 is 0 Å². The Hall–Kier alpha value is -1.61. The monoisotopic (exact) mass is 330 g/mol. The topological polar surface area (TPSA) is 97.6 Å². The molecule has 0 spiro atoms. The first-order chi connectivity index (χ1) is 9.84. The average molecular weight is 330 g/mol. The molecule has 1 saturated heterocycles. The minimum Gasteiger partial charge on any atom is -0.348 e. The van der Waals surface area contributed by atoms with E-state index < -0.39 is 20.1 Å². The van der Waals surface area contributed by atoms with Crippen LogP contribution >= 0.6 is 11.8 Å². The van der Waals surface area contributed by atoms with Gasteiger partial charge < -0.3 is 4.90 Å². The van der Waals surface area contributed by atoms with Crippen LogP contribution in [-0.4, -0.2) is 49.3 Å². The lowest BCUT2D eigenvalue weighted by atomic mass is 10.1. The van der Waals surface area contributed by atoms with Gasteiger partial charge in [0, 0.05) is 35.9 Å². The quantitative estimate of drug-likeness (QED) is 0.466. The van der Waals surface area contributed by atoms with Gasteiger partial charge in [-0.25, -0.2) is 8.42 Å². The Balaban J connectivity index is 2.53. The predicted octanol–water partition coefficient (Wildman–Crippen LogP) is 1.33. The van der Waals surface area contributed by atoms with Crippen LogP contribution in [0, 0.1) is 10.1 Å². The number of aldehydes is 1. The Morgan fingerprint density at radius 1 is 1.48 bits per heavy atom. The number of benzene rings is 1. The van der Waals surface area contributed by atoms with Crippen LogP contribution < -0.4 is 4.90 Å². The van der Waals surface area contributed by atoms with Crippen molar-refractivity contribution >= 4 is 39.3 Å². The number of nitro groups is 1. The van der Waals surface area contributed by atoms with Gasteiger partial charge >= 0.3 is 0 Å². The molecule has 0 aliphatic carbocycles. The third-order valence-corrected chi connectivity index (χ3v) is 5.86. The fourth-order valence-corrected chi connectivity index (χ4v) is 5.05. The zero-order valence-electron chi connectivity index (χ0n) is 11.3. The molecule has 2 rings (SSSR count). The molecule has 1 unspecified atom stereocenters. The molecule has 0 saturated carbocycles. The summed E-state index contributed by atoms with van der Waals surface area (Å²) >= 11 is 1.50. The Morgan fingerprint density at radius 3 is 2.76 bits per heavy atom. The second-order valence-electron chi connectivity index (χ2n) is 4.68. The maximum atomic E-state index is 11.9. The molecule has 0 amide bonds. The highest BCUT2D eigenvalue weighted by Gasteiger charge is 2.34. The standard InChI is InChI=1S/C12H14N2O5S2/c1-21(18,19)12-8-20-5-4-13(12)10-3-2-9(7-15)6-11(10)14(16)17/h2-3,6-7,12H,4-5,8H2,1H3. The van der Waals surface area contributed by atoms with Gasteiger partial charge in [0.2, 0.25) is 0 Å². The summed E-state index contributed by atoms with van der Waals surface area (Å²) in [5.41, 5.74) is 0.175. The number of hydrogen-bond donors (Lipinski definition) is 0. The summed E-state index contributed by atoms with van der Waals surface area (Å²) in [7, 11) is -3.37. The van der Waals surface area contributed by atoms with Crippen LogP contribution in [0.1, 0.15) is 10.4 Å². The molecule has 1 fully saturated rings. The fourth-order valence-electron chi connectivity index (χ4n) is 2.21. The van der Waals surface area contributed by atoms with Crippen LogP contribution in [0.25, 0.3) is 0 Å². The molecular weight excluding hydrogens is 316 g/mol. The van der Waals surface area contributed by atoms with Crippen LogP contribution in [0.15, 0.2) is 18.2 Å². The lowest BCUT2D eigenvalue weighted by Crippen LogP contribution is -2.47. The van der Waals surface area contributed by atoms with E-state index in [9.17, 15) is 23.3 Å². The van der Waals surface area contributed by atoms with E-state index in [2.05, 4.69) is 0 Å². The van der Waals surface area contributed by atoms with Crippen molar-refractivity contribution in [2.45, 2.75) is 5.37 Å². The maximum Gasteiger partial charge on any atom is 0.293 e. The first kappa shape index (κ1) is 15.8. The van der Waals surface area contributed by atoms with Gasteiger partial charge in [0.1, 0.15) is 17.3 Å². The molecule has 0 bridgehead atoms. The molecule has 1 atom stereocenters. The van der Waals surface area contributed by atoms with Crippen LogP contribution in [0.4, 0.5) is 11.4 Å². The molecule has 0 N–H and O–H groups in total. The minimum absolute atomic E-state index is 0.188. The summed E-state index contributed by atoms with van der Waals surface area (Å²) in [5.74, 6) is 1.06. The molecule has 1 aromatic rings. The smallest absolute Gasteiger partial charge is 0.293 e. The van der Waals surface area contributed by atoms with Crippen molar-refractivity contribution in [3.63, 3.8) is 0 Å². The zero-order valence-corrected chi connectivity index (χ0v) is 12.9. The Morgan fingerprint density at radius 2 is 2.19 bits per heavy atom. The number of thioether (sulfide) groups is 1. The molecular formula is C12H14N2O5S2. The molecule has 1 heterocycles. The molecule has 7 nitrogen and oxygen atoms in total. The van der Waals surface area contributed by atoms with Gasteiger partial charge in [0.25, 0.3) is 5.69 Å². The Kier molecular flexibility index (Phi) is 4.52. The summed E-state index contributed by atoms with van der Waals surface area (Å²) in [6, 6.07) is 4.07. The molecule has 9 heteroatoms. The highest BCUT2D eigenvalue weighted by Crippen LogP contribution is 2.34. The Bertz CT molecular complexity index is 674. The van der Waals surface area contributed by atoms with Gasteiger partial charge in [-0.3, -0.25) is 14.9 Å². The molecule has 0 radical (unpaired) electrons. The van der Waals surface area contributed by atoms with Crippen molar-refractivity contribution in [1.29, 1.82) is 0 Å². The summed E-state index contributed by atoms with van der Waals surface area (Å²) in [6.07, 6.45) is 1.65. The van der Waals surface area contributed by atoms with Gasteiger partial charge in [-0.2, -0.15) is 11.8 Å². The van der Waals surface area contributed by atoms with Gasteiger partial charge in [-0.05, 0) is 12.1 Å². The van der Waals surface area contributed by atoms with Crippen LogP contribution in [0.2, 0.25) is 0 Å². The van der Waals surface area contributed by atoms with Crippen molar-refractivity contribution in [2.75, 3.05) is 29.2 Å². The van der Waals surface area contributed by atoms with Gasteiger partial charge in [0.05, 0.1) is 4.92 Å². The predicted molar refractivity (Wildman–Crippen MR) is 81.8 cm³/mol. The summed E-state index contributed by atoms with van der Waals surface area (Å²) < 4.78 is 23.8. The highest BCUT2D eigenvalue weighted by atomic mass is 32.2. The lowest BCUT2D eigenvalue weighted by molar-refractivity contribution is -0.384. The van der Waals surface area contributed by atoms with Gasteiger partial charge in [-0.15, -0.1) is 0 Å². The largest absolute Gasteiger partial charge is 0.348 e. The average Bonchev–Trinajstić information content (AvgIpc) is 2.45. The van der Waals surface area contributed by atoms with E-state index in [0.717, 1.165) is 6.26 Å². The number of nitrogens with zero attached hydrogens (tertiary/aromatic N) is 2. The normalized spacial score (nSPS) is 19.3. The molecule has 1 aromatic carbocycles. The van der Waals surface area contributed by atoms with Crippen molar-refractivity contribution in [3.05, 3.63) is 33.9 Å². The Labute approximate surface area is 126 Å². The molecule has 21 heavy (non-hydrogen) atoms. The van der Waals surface area contributed by atoms with Crippen molar-refractivity contribution in [2.24, 2.45) is 0 Å². The van der Waals surface area contributed by atoms with Crippen molar-refractivity contribution in [1.82, 2.24) is 0 Å². The van der Waals surface area contributed by atoms with E-state index in [1.54, 1.807) is 4.90 Å². The number of carbonyl (C=O) groups is 1. The SMILES string of the molecule is CS(=O)(=O)C1CSCCN1c1ccc(C=O)cc1[N+](=O)[O-]. The molecule has 1 aliphatic rings. The van der Waals surface area contributed by atoms with E-state index in [1.165, 1.54) is 30.0 Å². The van der Waals surface area contributed by atoms with Gasteiger partial charge in [0.15, 0.2) is 9.84 Å². The third kappa shape index (κ3) is 3.35. The maximum absolute atomic E-state index is 11.9. The lowest BCUT2D eigenvalue weighted by Gasteiger charge is -2.35. The fraction of sp³-hybridized carbons (Fsp3) is 0.417. The number of hydrogen-bond acceptors (Lipinski definition) is 7. The second-order valence-corrected chi connectivity index (χ2v) is 8.03. The molecule has 0 aromatic heterocycles. The van der Waals surface area contributed by atoms with Crippen LogP contribution in [-0.2, 0) is 9.84 Å². The molecule has 1 aliphatic heterocycles. The van der Waals surface area contributed by atoms with Crippen molar-refractivity contribution in [3.8, 4) is 0 Å². The first-order valence-electron chi connectivity index (χ1n) is 6.11. The van der Waals surface area contributed by atoms with E-state index in [4.69, 9.17) is 0 Å².